The fourth-order valence-electron chi connectivity index (χ4n) is 4.69. The lowest BCUT2D eigenvalue weighted by Crippen LogP contribution is -2.47. The third-order valence-electron chi connectivity index (χ3n) is 6.92. The van der Waals surface area contributed by atoms with Gasteiger partial charge < -0.3 is 5.32 Å². The van der Waals surface area contributed by atoms with Crippen LogP contribution in [0.15, 0.2) is 16.9 Å². The highest BCUT2D eigenvalue weighted by Crippen LogP contribution is 2.65. The van der Waals surface area contributed by atoms with Crippen molar-refractivity contribution in [3.63, 3.8) is 0 Å². The number of unbranched alkanes of at least 4 members (excludes halogenated alkanes) is 1. The average Bonchev–Trinajstić information content (AvgIpc) is 2.87. The Bertz CT molecular complexity index is 694. The Labute approximate surface area is 143 Å². The van der Waals surface area contributed by atoms with Crippen LogP contribution in [0.1, 0.15) is 70.3 Å². The second-order valence-corrected chi connectivity index (χ2v) is 8.27. The van der Waals surface area contributed by atoms with Crippen molar-refractivity contribution in [2.24, 2.45) is 16.7 Å². The maximum Gasteiger partial charge on any atom is 0.271 e. The zero-order valence-electron chi connectivity index (χ0n) is 15.3. The maximum absolute atomic E-state index is 12.7. The minimum absolute atomic E-state index is 0.143. The van der Waals surface area contributed by atoms with Crippen LogP contribution in [0.2, 0.25) is 0 Å². The van der Waals surface area contributed by atoms with Gasteiger partial charge in [0.25, 0.3) is 11.5 Å². The molecule has 0 unspecified atom stereocenters. The monoisotopic (exact) mass is 331 g/mol. The molecule has 2 aliphatic carbocycles. The van der Waals surface area contributed by atoms with Gasteiger partial charge in [0.15, 0.2) is 0 Å². The van der Waals surface area contributed by atoms with Gasteiger partial charge in [0.2, 0.25) is 0 Å². The molecule has 2 fully saturated rings. The number of hydrogen-bond donors (Lipinski definition) is 1. The molecule has 0 radical (unpaired) electrons. The largest absolute Gasteiger partial charge is 0.347 e. The van der Waals surface area contributed by atoms with Gasteiger partial charge in [0, 0.05) is 18.7 Å². The van der Waals surface area contributed by atoms with Crippen molar-refractivity contribution in [2.75, 3.05) is 0 Å². The standard InChI is InChI=1S/C19H29N3O2/c1-5-6-11-22-16(23)8-7-14(21-22)17(24)20-15-12-13-9-10-19(15,4)18(13,2)3/h7-8,13,15H,5-6,9-12H2,1-4H3,(H,20,24)/t13-,15+,19-/m1/s1. The third-order valence-corrected chi connectivity index (χ3v) is 6.92. The van der Waals surface area contributed by atoms with Gasteiger partial charge in [-0.2, -0.15) is 5.10 Å². The Kier molecular flexibility index (Phi) is 4.30. The molecule has 1 amide bonds. The number of aromatic nitrogens is 2. The van der Waals surface area contributed by atoms with Crippen LogP contribution in [0.25, 0.3) is 0 Å². The summed E-state index contributed by atoms with van der Waals surface area (Å²) in [5, 5.41) is 7.47. The van der Waals surface area contributed by atoms with Gasteiger partial charge in [-0.15, -0.1) is 0 Å². The molecule has 0 aliphatic heterocycles. The Balaban J connectivity index is 1.76. The van der Waals surface area contributed by atoms with E-state index in [1.54, 1.807) is 6.07 Å². The first-order valence-corrected chi connectivity index (χ1v) is 9.18. The Morgan fingerprint density at radius 1 is 1.38 bits per heavy atom. The van der Waals surface area contributed by atoms with E-state index < -0.39 is 0 Å². The quantitative estimate of drug-likeness (QED) is 0.902. The summed E-state index contributed by atoms with van der Waals surface area (Å²) < 4.78 is 1.41. The second-order valence-electron chi connectivity index (χ2n) is 8.27. The van der Waals surface area contributed by atoms with Gasteiger partial charge in [0.1, 0.15) is 5.69 Å². The van der Waals surface area contributed by atoms with Crippen LogP contribution in [0, 0.1) is 16.7 Å². The smallest absolute Gasteiger partial charge is 0.271 e. The van der Waals surface area contributed by atoms with Crippen molar-refractivity contribution >= 4 is 5.91 Å². The van der Waals surface area contributed by atoms with Gasteiger partial charge in [-0.1, -0.05) is 34.1 Å². The molecule has 24 heavy (non-hydrogen) atoms. The molecular weight excluding hydrogens is 302 g/mol. The van der Waals surface area contributed by atoms with E-state index in [0.29, 0.717) is 18.2 Å². The zero-order valence-corrected chi connectivity index (χ0v) is 15.3. The molecule has 0 aromatic carbocycles. The van der Waals surface area contributed by atoms with Crippen LogP contribution in [0.4, 0.5) is 0 Å². The van der Waals surface area contributed by atoms with Gasteiger partial charge >= 0.3 is 0 Å². The molecule has 1 heterocycles. The summed E-state index contributed by atoms with van der Waals surface area (Å²) in [4.78, 5) is 24.5. The fourth-order valence-corrected chi connectivity index (χ4v) is 4.69. The van der Waals surface area contributed by atoms with E-state index in [4.69, 9.17) is 0 Å². The summed E-state index contributed by atoms with van der Waals surface area (Å²) in [5.74, 6) is 0.522. The average molecular weight is 331 g/mol. The van der Waals surface area contributed by atoms with E-state index in [9.17, 15) is 9.59 Å². The van der Waals surface area contributed by atoms with Crippen molar-refractivity contribution in [3.8, 4) is 0 Å². The lowest BCUT2D eigenvalue weighted by atomic mass is 9.69. The minimum atomic E-state index is -0.158. The molecule has 2 saturated carbocycles. The highest BCUT2D eigenvalue weighted by atomic mass is 16.2. The first-order chi connectivity index (χ1) is 11.3. The summed E-state index contributed by atoms with van der Waals surface area (Å²) in [5.41, 5.74) is 0.602. The SMILES string of the molecule is CCCCn1nc(C(=O)N[C@H]2C[C@H]3CC[C@@]2(C)C3(C)C)ccc1=O. The summed E-state index contributed by atoms with van der Waals surface area (Å²) >= 11 is 0. The molecule has 2 aliphatic rings. The highest BCUT2D eigenvalue weighted by molar-refractivity contribution is 5.92. The van der Waals surface area contributed by atoms with Crippen molar-refractivity contribution in [1.82, 2.24) is 15.1 Å². The zero-order chi connectivity index (χ0) is 17.5. The number of aryl methyl sites for hydroxylation is 1. The number of amides is 1. The number of nitrogens with zero attached hydrogens (tertiary/aromatic N) is 2. The van der Waals surface area contributed by atoms with Crippen molar-refractivity contribution in [1.29, 1.82) is 0 Å². The molecule has 1 N–H and O–H groups in total. The first-order valence-electron chi connectivity index (χ1n) is 9.18. The Hall–Kier alpha value is -1.65. The Morgan fingerprint density at radius 3 is 2.71 bits per heavy atom. The number of rotatable bonds is 5. The number of nitrogens with one attached hydrogen (secondary N) is 1. The summed E-state index contributed by atoms with van der Waals surface area (Å²) in [7, 11) is 0. The molecule has 5 nitrogen and oxygen atoms in total. The predicted molar refractivity (Wildman–Crippen MR) is 93.9 cm³/mol. The number of hydrogen-bond acceptors (Lipinski definition) is 3. The van der Waals surface area contributed by atoms with Gasteiger partial charge in [-0.25, -0.2) is 4.68 Å². The molecule has 1 aromatic heterocycles. The molecule has 0 saturated heterocycles. The van der Waals surface area contributed by atoms with E-state index in [1.807, 2.05) is 0 Å². The summed E-state index contributed by atoms with van der Waals surface area (Å²) in [6.45, 7) is 9.60. The second kappa shape index (κ2) is 6.01. The van der Waals surface area contributed by atoms with Crippen molar-refractivity contribution < 1.29 is 4.79 Å². The number of carbonyl (C=O) groups is 1. The van der Waals surface area contributed by atoms with Crippen LogP contribution in [0.5, 0.6) is 0 Å². The minimum Gasteiger partial charge on any atom is -0.347 e. The number of fused-ring (bicyclic) bond motifs is 2. The fraction of sp³-hybridized carbons (Fsp3) is 0.737. The van der Waals surface area contributed by atoms with Crippen LogP contribution >= 0.6 is 0 Å². The molecular formula is C19H29N3O2. The van der Waals surface area contributed by atoms with Crippen molar-refractivity contribution in [2.45, 2.75) is 72.4 Å². The first kappa shape index (κ1) is 17.2. The molecule has 3 rings (SSSR count). The Morgan fingerprint density at radius 2 is 2.12 bits per heavy atom. The molecule has 2 bridgehead atoms. The predicted octanol–water partition coefficient (Wildman–Crippen LogP) is 2.99. The van der Waals surface area contributed by atoms with Gasteiger partial charge in [0.05, 0.1) is 0 Å². The molecule has 3 atom stereocenters. The van der Waals surface area contributed by atoms with Crippen LogP contribution in [0.3, 0.4) is 0 Å². The van der Waals surface area contributed by atoms with Gasteiger partial charge in [-0.05, 0) is 48.5 Å². The van der Waals surface area contributed by atoms with Gasteiger partial charge in [-0.3, -0.25) is 9.59 Å². The molecule has 132 valence electrons. The van der Waals surface area contributed by atoms with E-state index in [1.165, 1.54) is 23.6 Å². The van der Waals surface area contributed by atoms with E-state index in [0.717, 1.165) is 19.3 Å². The van der Waals surface area contributed by atoms with Crippen molar-refractivity contribution in [3.05, 3.63) is 28.2 Å². The van der Waals surface area contributed by atoms with Crippen LogP contribution in [-0.2, 0) is 6.54 Å². The highest BCUT2D eigenvalue weighted by Gasteiger charge is 2.61. The van der Waals surface area contributed by atoms with E-state index >= 15 is 0 Å². The number of carbonyl (C=O) groups excluding carboxylic acids is 1. The lowest BCUT2D eigenvalue weighted by molar-refractivity contribution is 0.0819. The summed E-state index contributed by atoms with van der Waals surface area (Å²) in [6, 6.07) is 3.18. The molecule has 1 aromatic rings. The third kappa shape index (κ3) is 2.58. The molecule has 5 heteroatoms. The topological polar surface area (TPSA) is 64.0 Å². The van der Waals surface area contributed by atoms with Crippen LogP contribution in [-0.4, -0.2) is 21.7 Å². The van der Waals surface area contributed by atoms with E-state index in [-0.39, 0.29) is 28.3 Å². The van der Waals surface area contributed by atoms with E-state index in [2.05, 4.69) is 38.1 Å². The normalized spacial score (nSPS) is 30.5. The summed E-state index contributed by atoms with van der Waals surface area (Å²) in [6.07, 6.45) is 5.34. The lowest BCUT2D eigenvalue weighted by Gasteiger charge is -2.39. The molecule has 0 spiro atoms. The van der Waals surface area contributed by atoms with Crippen LogP contribution < -0.4 is 10.9 Å². The maximum atomic E-state index is 12.7.